The Morgan fingerprint density at radius 3 is 2.68 bits per heavy atom. The first kappa shape index (κ1) is 24.6. The zero-order chi connectivity index (χ0) is 26.5. The van der Waals surface area contributed by atoms with Crippen molar-refractivity contribution in [2.24, 2.45) is 28.6 Å². The van der Waals surface area contributed by atoms with Crippen LogP contribution in [0.5, 0.6) is 0 Å². The van der Waals surface area contributed by atoms with Crippen molar-refractivity contribution in [1.29, 1.82) is 0 Å². The molecule has 4 aliphatic carbocycles. The topological polar surface area (TPSA) is 117 Å². The molecule has 5 aliphatic rings. The first-order valence-electron chi connectivity index (χ1n) is 12.6. The molecule has 0 radical (unpaired) electrons. The van der Waals surface area contributed by atoms with E-state index < -0.39 is 76.2 Å². The fourth-order valence-corrected chi connectivity index (χ4v) is 8.51. The molecule has 0 aromatic carbocycles. The summed E-state index contributed by atoms with van der Waals surface area (Å²) in [5, 5.41) is 22.5. The van der Waals surface area contributed by atoms with E-state index in [4.69, 9.17) is 9.25 Å². The predicted molar refractivity (Wildman–Crippen MR) is 123 cm³/mol. The molecule has 3 saturated carbocycles. The Bertz CT molecular complexity index is 1250. The lowest BCUT2D eigenvalue weighted by Gasteiger charge is -2.63. The van der Waals surface area contributed by atoms with Gasteiger partial charge in [-0.25, -0.2) is 13.8 Å². The second-order valence-electron chi connectivity index (χ2n) is 11.5. The highest BCUT2D eigenvalue weighted by molar-refractivity contribution is 6.01. The molecule has 4 fully saturated rings. The van der Waals surface area contributed by atoms with Gasteiger partial charge in [-0.3, -0.25) is 19.2 Å². The second kappa shape index (κ2) is 7.68. The normalized spacial score (nSPS) is 46.1. The maximum absolute atomic E-state index is 17.3. The summed E-state index contributed by atoms with van der Waals surface area (Å²) < 4.78 is 38.2. The van der Waals surface area contributed by atoms with Gasteiger partial charge in [0, 0.05) is 22.7 Å². The summed E-state index contributed by atoms with van der Waals surface area (Å²) in [6.45, 7) is 2.34. The summed E-state index contributed by atoms with van der Waals surface area (Å²) in [7, 11) is 0. The number of carbonyl (C=O) groups excluding carboxylic acids is 3. The number of allylic oxidation sites excluding steroid dienone is 4. The molecule has 1 aromatic rings. The minimum Gasteiger partial charge on any atom is -0.459 e. The van der Waals surface area contributed by atoms with Gasteiger partial charge in [-0.1, -0.05) is 13.0 Å². The number of nitrogens with zero attached hydrogens (tertiary/aromatic N) is 1. The minimum atomic E-state index is -2.30. The average molecular weight is 518 g/mol. The standard InChI is InChI=1S/C27H29F2NO7/c1-24-6-5-15(32)9-18(24)19(28)10-17-16-8-14-12-30(23(35)20-4-3-7-36-20)37-27(14,22(34)13-31)25(16,2)11-21(33)26(17,24)29/h3-7,9,14,16-17,19,21,31,33H,8,10-13H2,1-2H3/t14?,16-,17-,19-,21-,24-,25-,26-,27-/m0/s1. The molecule has 8 nitrogen and oxygen atoms in total. The van der Waals surface area contributed by atoms with Gasteiger partial charge in [0.2, 0.25) is 0 Å². The summed E-state index contributed by atoms with van der Waals surface area (Å²) in [5.41, 5.74) is -6.74. The number of aliphatic hydroxyl groups is 2. The van der Waals surface area contributed by atoms with Crippen LogP contribution in [0.15, 0.2) is 46.6 Å². The Balaban J connectivity index is 1.43. The summed E-state index contributed by atoms with van der Waals surface area (Å²) in [6.07, 6.45) is 1.56. The first-order chi connectivity index (χ1) is 17.4. The van der Waals surface area contributed by atoms with Crippen LogP contribution in [-0.4, -0.2) is 69.4 Å². The molecule has 9 atom stereocenters. The maximum atomic E-state index is 17.3. The van der Waals surface area contributed by atoms with Crippen molar-refractivity contribution >= 4 is 17.5 Å². The molecule has 10 heteroatoms. The number of ketones is 2. The van der Waals surface area contributed by atoms with Crippen LogP contribution in [0.25, 0.3) is 0 Å². The number of hydrogen-bond acceptors (Lipinski definition) is 7. The highest BCUT2D eigenvalue weighted by atomic mass is 19.1. The van der Waals surface area contributed by atoms with Crippen molar-refractivity contribution in [3.05, 3.63) is 48.0 Å². The summed E-state index contributed by atoms with van der Waals surface area (Å²) in [4.78, 5) is 44.6. The number of Topliss-reactive ketones (excluding diaryl/α,β-unsaturated/α-hetero) is 1. The quantitative estimate of drug-likeness (QED) is 0.633. The maximum Gasteiger partial charge on any atom is 0.313 e. The molecule has 6 rings (SSSR count). The van der Waals surface area contributed by atoms with E-state index in [2.05, 4.69) is 0 Å². The number of hydrogen-bond donors (Lipinski definition) is 2. The van der Waals surface area contributed by atoms with Gasteiger partial charge in [0.15, 0.2) is 28.6 Å². The predicted octanol–water partition coefficient (Wildman–Crippen LogP) is 2.51. The van der Waals surface area contributed by atoms with E-state index in [9.17, 15) is 24.6 Å². The molecule has 1 amide bonds. The SMILES string of the molecule is C[C@]12C=CC(=O)C=C1[C@@H](F)C[C@H]1[C@@H]3CC4CN(C(=O)c5ccco5)O[C@@]4(C(=O)CO)[C@@]3(C)C[C@H](O)[C@@]12F. The number of hydroxylamine groups is 2. The summed E-state index contributed by atoms with van der Waals surface area (Å²) >= 11 is 0. The van der Waals surface area contributed by atoms with Crippen molar-refractivity contribution in [3.63, 3.8) is 0 Å². The van der Waals surface area contributed by atoms with E-state index in [1.165, 1.54) is 31.4 Å². The van der Waals surface area contributed by atoms with E-state index in [1.807, 2.05) is 0 Å². The fourth-order valence-electron chi connectivity index (χ4n) is 8.51. The Morgan fingerprint density at radius 1 is 1.24 bits per heavy atom. The van der Waals surface area contributed by atoms with Crippen LogP contribution in [0.4, 0.5) is 8.78 Å². The lowest BCUT2D eigenvalue weighted by Crippen LogP contribution is -2.70. The van der Waals surface area contributed by atoms with Crippen LogP contribution in [-0.2, 0) is 14.4 Å². The molecule has 2 heterocycles. The van der Waals surface area contributed by atoms with Crippen molar-refractivity contribution in [3.8, 4) is 0 Å². The number of fused-ring (bicyclic) bond motifs is 7. The van der Waals surface area contributed by atoms with Crippen LogP contribution in [0.3, 0.4) is 0 Å². The van der Waals surface area contributed by atoms with Gasteiger partial charge in [0.1, 0.15) is 12.8 Å². The lowest BCUT2D eigenvalue weighted by atomic mass is 9.44. The monoisotopic (exact) mass is 517 g/mol. The van der Waals surface area contributed by atoms with E-state index in [0.29, 0.717) is 0 Å². The Hall–Kier alpha value is -2.69. The van der Waals surface area contributed by atoms with Gasteiger partial charge in [0.25, 0.3) is 0 Å². The molecule has 0 bridgehead atoms. The van der Waals surface area contributed by atoms with Crippen LogP contribution >= 0.6 is 0 Å². The highest BCUT2D eigenvalue weighted by Gasteiger charge is 2.79. The number of carbonyl (C=O) groups is 3. The van der Waals surface area contributed by atoms with Crippen molar-refractivity contribution in [1.82, 2.24) is 5.06 Å². The second-order valence-corrected chi connectivity index (χ2v) is 11.5. The zero-order valence-corrected chi connectivity index (χ0v) is 20.5. The largest absolute Gasteiger partial charge is 0.459 e. The van der Waals surface area contributed by atoms with Gasteiger partial charge in [-0.05, 0) is 62.0 Å². The molecule has 1 aliphatic heterocycles. The molecular weight excluding hydrogens is 488 g/mol. The number of halogens is 2. The first-order valence-corrected chi connectivity index (χ1v) is 12.6. The molecule has 1 saturated heterocycles. The van der Waals surface area contributed by atoms with Gasteiger partial charge < -0.3 is 14.6 Å². The molecule has 37 heavy (non-hydrogen) atoms. The van der Waals surface area contributed by atoms with Crippen molar-refractivity contribution in [2.75, 3.05) is 13.2 Å². The number of alkyl halides is 2. The summed E-state index contributed by atoms with van der Waals surface area (Å²) in [5.74, 6) is -3.88. The smallest absolute Gasteiger partial charge is 0.313 e. The average Bonchev–Trinajstić information content (AvgIpc) is 3.58. The van der Waals surface area contributed by atoms with Crippen molar-refractivity contribution < 1.29 is 42.6 Å². The molecule has 2 N–H and O–H groups in total. The fraction of sp³-hybridized carbons (Fsp3) is 0.593. The highest BCUT2D eigenvalue weighted by Crippen LogP contribution is 2.72. The summed E-state index contributed by atoms with van der Waals surface area (Å²) in [6, 6.07) is 3.01. The zero-order valence-electron chi connectivity index (χ0n) is 20.5. The van der Waals surface area contributed by atoms with E-state index in [-0.39, 0.29) is 37.1 Å². The Morgan fingerprint density at radius 2 is 2.00 bits per heavy atom. The van der Waals surface area contributed by atoms with Crippen LogP contribution in [0, 0.1) is 28.6 Å². The number of rotatable bonds is 3. The number of furan rings is 1. The van der Waals surface area contributed by atoms with Crippen LogP contribution in [0.1, 0.15) is 43.7 Å². The van der Waals surface area contributed by atoms with Gasteiger partial charge in [0.05, 0.1) is 18.9 Å². The molecule has 198 valence electrons. The third-order valence-corrected chi connectivity index (χ3v) is 10.1. The Labute approximate surface area is 211 Å². The number of amides is 1. The third-order valence-electron chi connectivity index (χ3n) is 10.1. The third kappa shape index (κ3) is 2.78. The van der Waals surface area contributed by atoms with Crippen molar-refractivity contribution in [2.45, 2.75) is 56.7 Å². The van der Waals surface area contributed by atoms with Gasteiger partial charge in [-0.15, -0.1) is 0 Å². The van der Waals surface area contributed by atoms with E-state index >= 15 is 8.78 Å². The molecule has 1 aromatic heterocycles. The molecule has 1 unspecified atom stereocenters. The van der Waals surface area contributed by atoms with Gasteiger partial charge in [-0.2, -0.15) is 0 Å². The van der Waals surface area contributed by atoms with E-state index in [1.54, 1.807) is 13.0 Å². The molecule has 0 spiro atoms. The van der Waals surface area contributed by atoms with E-state index in [0.717, 1.165) is 11.1 Å². The van der Waals surface area contributed by atoms with Gasteiger partial charge >= 0.3 is 5.91 Å². The number of aliphatic hydroxyl groups excluding tert-OH is 2. The Kier molecular flexibility index (Phi) is 5.11. The minimum absolute atomic E-state index is 0.00462. The van der Waals surface area contributed by atoms with Crippen LogP contribution in [0.2, 0.25) is 0 Å². The molecular formula is C27H29F2NO7. The lowest BCUT2D eigenvalue weighted by molar-refractivity contribution is -0.255. The van der Waals surface area contributed by atoms with Crippen LogP contribution < -0.4 is 0 Å².